The van der Waals surface area contributed by atoms with E-state index in [0.29, 0.717) is 19.6 Å². The molecule has 0 radical (unpaired) electrons. The molecule has 0 aliphatic carbocycles. The van der Waals surface area contributed by atoms with Crippen molar-refractivity contribution in [3.05, 3.63) is 33.9 Å². The summed E-state index contributed by atoms with van der Waals surface area (Å²) in [5, 5.41) is 47.0. The van der Waals surface area contributed by atoms with Crippen LogP contribution in [0.4, 0.5) is 5.69 Å². The number of ether oxygens (including phenoxy) is 1. The topological polar surface area (TPSA) is 179 Å². The lowest BCUT2D eigenvalue weighted by molar-refractivity contribution is -0.384. The molecule has 1 aromatic rings. The number of carbonyl (C=O) groups is 2. The number of nitrogens with one attached hydrogen (secondary N) is 1. The first-order valence-electron chi connectivity index (χ1n) is 9.33. The van der Waals surface area contributed by atoms with Gasteiger partial charge in [-0.3, -0.25) is 14.9 Å². The molecule has 1 rings (SSSR count). The molecule has 30 heavy (non-hydrogen) atoms. The first kappa shape index (κ1) is 27.5. The normalized spacial score (nSPS) is 10.6. The number of amides is 1. The number of benzene rings is 1. The van der Waals surface area contributed by atoms with E-state index in [0.717, 1.165) is 25.0 Å². The van der Waals surface area contributed by atoms with Crippen LogP contribution in [0, 0.1) is 10.1 Å². The number of nitro benzene ring substituents is 1. The number of aliphatic hydroxyl groups is 1. The number of unbranched alkanes of at least 4 members (excludes halogenated alkanes) is 1. The highest BCUT2D eigenvalue weighted by atomic mass is 16.6. The number of rotatable bonds is 11. The predicted molar refractivity (Wildman–Crippen MR) is 110 cm³/mol. The standard InChI is InChI=1S/C16H25BN2O6.C2H4O3/c1-4-5-8-25-16(2,3)6-7-18-15(20)12-9-13(17(21)22)11-14(10-12)19(23)24;3-1-2(4)5/h9-11,21-22H,4-8H2,1-3H3,(H,18,20);3H,1H2,(H,4,5). The van der Waals surface area contributed by atoms with Gasteiger partial charge in [0.1, 0.15) is 6.61 Å². The van der Waals surface area contributed by atoms with Crippen LogP contribution in [0.3, 0.4) is 0 Å². The average Bonchev–Trinajstić information content (AvgIpc) is 2.67. The summed E-state index contributed by atoms with van der Waals surface area (Å²) < 4.78 is 5.75. The molecule has 0 unspecified atom stereocenters. The fraction of sp³-hybridized carbons (Fsp3) is 0.556. The van der Waals surface area contributed by atoms with Gasteiger partial charge < -0.3 is 30.3 Å². The maximum atomic E-state index is 12.2. The van der Waals surface area contributed by atoms with Crippen LogP contribution in [0.2, 0.25) is 0 Å². The van der Waals surface area contributed by atoms with Crippen LogP contribution in [0.25, 0.3) is 0 Å². The average molecular weight is 428 g/mol. The molecule has 0 saturated heterocycles. The van der Waals surface area contributed by atoms with Gasteiger partial charge in [-0.2, -0.15) is 0 Å². The van der Waals surface area contributed by atoms with Gasteiger partial charge in [-0.25, -0.2) is 4.79 Å². The summed E-state index contributed by atoms with van der Waals surface area (Å²) in [6, 6.07) is 3.34. The Bertz CT molecular complexity index is 711. The summed E-state index contributed by atoms with van der Waals surface area (Å²) in [4.78, 5) is 31.5. The minimum absolute atomic E-state index is 0.00186. The molecule has 0 saturated carbocycles. The maximum absolute atomic E-state index is 12.2. The predicted octanol–water partition coefficient (Wildman–Crippen LogP) is 0.0531. The Hall–Kier alpha value is -2.54. The molecule has 0 aliphatic rings. The molecule has 12 heteroatoms. The molecule has 0 bridgehead atoms. The van der Waals surface area contributed by atoms with E-state index >= 15 is 0 Å². The van der Waals surface area contributed by atoms with Crippen LogP contribution in [0.1, 0.15) is 50.4 Å². The highest BCUT2D eigenvalue weighted by Crippen LogP contribution is 2.15. The largest absolute Gasteiger partial charge is 0.488 e. The van der Waals surface area contributed by atoms with Gasteiger partial charge >= 0.3 is 13.1 Å². The zero-order valence-corrected chi connectivity index (χ0v) is 17.3. The Kier molecular flexibility index (Phi) is 12.5. The Balaban J connectivity index is 0.00000150. The van der Waals surface area contributed by atoms with Crippen molar-refractivity contribution in [3.63, 3.8) is 0 Å². The molecular formula is C18H29BN2O9. The summed E-state index contributed by atoms with van der Waals surface area (Å²) in [6.07, 6.45) is 2.58. The van der Waals surface area contributed by atoms with Crippen molar-refractivity contribution >= 4 is 30.1 Å². The molecule has 168 valence electrons. The summed E-state index contributed by atoms with van der Waals surface area (Å²) in [5.74, 6) is -1.71. The quantitative estimate of drug-likeness (QED) is 0.141. The van der Waals surface area contributed by atoms with Crippen LogP contribution in [0.5, 0.6) is 0 Å². The molecule has 0 atom stereocenters. The number of nitrogens with zero attached hydrogens (tertiary/aromatic N) is 1. The van der Waals surface area contributed by atoms with Crippen molar-refractivity contribution in [2.45, 2.75) is 45.6 Å². The fourth-order valence-corrected chi connectivity index (χ4v) is 2.16. The first-order chi connectivity index (χ1) is 13.9. The third-order valence-electron chi connectivity index (χ3n) is 3.85. The van der Waals surface area contributed by atoms with Gasteiger partial charge in [0.2, 0.25) is 0 Å². The van der Waals surface area contributed by atoms with Crippen molar-refractivity contribution in [1.82, 2.24) is 5.32 Å². The third-order valence-corrected chi connectivity index (χ3v) is 3.85. The SMILES string of the molecule is CCCCOC(C)(C)CCNC(=O)c1cc(B(O)O)cc([N+](=O)[O-])c1.O=C(O)CO. The zero-order valence-electron chi connectivity index (χ0n) is 17.3. The third kappa shape index (κ3) is 11.5. The molecule has 0 spiro atoms. The van der Waals surface area contributed by atoms with Crippen LogP contribution in [-0.2, 0) is 9.53 Å². The summed E-state index contributed by atoms with van der Waals surface area (Å²) >= 11 is 0. The molecule has 1 aromatic carbocycles. The molecule has 5 N–H and O–H groups in total. The van der Waals surface area contributed by atoms with Gasteiger partial charge in [0.05, 0.1) is 10.5 Å². The monoisotopic (exact) mass is 428 g/mol. The van der Waals surface area contributed by atoms with Crippen LogP contribution >= 0.6 is 0 Å². The molecule has 0 heterocycles. The van der Waals surface area contributed by atoms with E-state index in [1.165, 1.54) is 6.07 Å². The van der Waals surface area contributed by atoms with Crippen LogP contribution in [-0.4, -0.2) is 69.5 Å². The number of aliphatic carboxylic acids is 1. The van der Waals surface area contributed by atoms with E-state index in [1.807, 2.05) is 13.8 Å². The van der Waals surface area contributed by atoms with E-state index in [2.05, 4.69) is 12.2 Å². The smallest absolute Gasteiger partial charge is 0.480 e. The summed E-state index contributed by atoms with van der Waals surface area (Å²) in [5.41, 5.74) is -0.874. The number of hydrogen-bond donors (Lipinski definition) is 5. The molecule has 0 fully saturated rings. The van der Waals surface area contributed by atoms with Gasteiger partial charge in [0.15, 0.2) is 0 Å². The Labute approximate surface area is 175 Å². The van der Waals surface area contributed by atoms with Gasteiger partial charge in [-0.05, 0) is 38.2 Å². The lowest BCUT2D eigenvalue weighted by Gasteiger charge is -2.25. The Morgan fingerprint density at radius 3 is 2.33 bits per heavy atom. The van der Waals surface area contributed by atoms with E-state index in [9.17, 15) is 25.0 Å². The fourth-order valence-electron chi connectivity index (χ4n) is 2.16. The first-order valence-corrected chi connectivity index (χ1v) is 9.33. The van der Waals surface area contributed by atoms with Gasteiger partial charge in [-0.15, -0.1) is 0 Å². The molecule has 1 amide bonds. The molecule has 0 aromatic heterocycles. The van der Waals surface area contributed by atoms with Crippen molar-refractivity contribution in [1.29, 1.82) is 0 Å². The van der Waals surface area contributed by atoms with Gasteiger partial charge in [0, 0.05) is 30.8 Å². The Morgan fingerprint density at radius 2 is 1.87 bits per heavy atom. The number of hydrogen-bond acceptors (Lipinski definition) is 8. The lowest BCUT2D eigenvalue weighted by Crippen LogP contribution is -2.35. The summed E-state index contributed by atoms with van der Waals surface area (Å²) in [7, 11) is -1.89. The lowest BCUT2D eigenvalue weighted by atomic mass is 9.79. The number of carboxylic acids is 1. The number of carbonyl (C=O) groups excluding carboxylic acids is 1. The minimum atomic E-state index is -1.89. The van der Waals surface area contributed by atoms with Crippen molar-refractivity contribution in [2.24, 2.45) is 0 Å². The molecule has 11 nitrogen and oxygen atoms in total. The van der Waals surface area contributed by atoms with Crippen molar-refractivity contribution < 1.29 is 39.5 Å². The zero-order chi connectivity index (χ0) is 23.3. The second-order valence-electron chi connectivity index (χ2n) is 6.96. The van der Waals surface area contributed by atoms with E-state index in [4.69, 9.17) is 19.7 Å². The van der Waals surface area contributed by atoms with E-state index in [1.54, 1.807) is 0 Å². The van der Waals surface area contributed by atoms with Gasteiger partial charge in [-0.1, -0.05) is 13.3 Å². The van der Waals surface area contributed by atoms with Crippen LogP contribution in [0.15, 0.2) is 18.2 Å². The van der Waals surface area contributed by atoms with Crippen molar-refractivity contribution in [2.75, 3.05) is 19.8 Å². The molecule has 0 aliphatic heterocycles. The highest BCUT2D eigenvalue weighted by Gasteiger charge is 2.21. The van der Waals surface area contributed by atoms with Crippen molar-refractivity contribution in [3.8, 4) is 0 Å². The summed E-state index contributed by atoms with van der Waals surface area (Å²) in [6.45, 7) is 6.15. The second-order valence-corrected chi connectivity index (χ2v) is 6.96. The Morgan fingerprint density at radius 1 is 1.27 bits per heavy atom. The van der Waals surface area contributed by atoms with Crippen LogP contribution < -0.4 is 10.8 Å². The highest BCUT2D eigenvalue weighted by molar-refractivity contribution is 6.58. The second kappa shape index (κ2) is 13.6. The number of nitro groups is 1. The van der Waals surface area contributed by atoms with Gasteiger partial charge in [0.25, 0.3) is 11.6 Å². The van der Waals surface area contributed by atoms with E-state index in [-0.39, 0.29) is 16.7 Å². The number of non-ortho nitro benzene ring substituents is 1. The number of carboxylic acid groups (broad SMARTS) is 1. The minimum Gasteiger partial charge on any atom is -0.480 e. The van der Waals surface area contributed by atoms with E-state index < -0.39 is 36.1 Å². The maximum Gasteiger partial charge on any atom is 0.488 e. The number of aliphatic hydroxyl groups excluding tert-OH is 1. The molecular weight excluding hydrogens is 399 g/mol.